The molecule has 1 unspecified atom stereocenters. The van der Waals surface area contributed by atoms with Crippen LogP contribution in [0.25, 0.3) is 0 Å². The number of nitrogens with zero attached hydrogens (tertiary/aromatic N) is 1. The van der Waals surface area contributed by atoms with E-state index in [2.05, 4.69) is 5.32 Å². The van der Waals surface area contributed by atoms with Crippen molar-refractivity contribution in [3.05, 3.63) is 63.6 Å². The first kappa shape index (κ1) is 21.5. The molecular weight excluding hydrogens is 411 g/mol. The molecule has 1 atom stereocenters. The van der Waals surface area contributed by atoms with Crippen LogP contribution in [0.2, 0.25) is 10.0 Å². The summed E-state index contributed by atoms with van der Waals surface area (Å²) < 4.78 is 5.83. The molecule has 154 valence electrons. The van der Waals surface area contributed by atoms with Crippen molar-refractivity contribution >= 4 is 35.0 Å². The molecule has 0 aliphatic carbocycles. The number of nitrogens with one attached hydrogen (secondary N) is 1. The molecule has 1 heterocycles. The quantitative estimate of drug-likeness (QED) is 0.675. The summed E-state index contributed by atoms with van der Waals surface area (Å²) in [6.07, 6.45) is 2.72. The van der Waals surface area contributed by atoms with Crippen LogP contribution in [-0.4, -0.2) is 36.4 Å². The fourth-order valence-electron chi connectivity index (χ4n) is 3.40. The standard InChI is InChI=1S/C22H24Cl2N2O3/c1-2-19(25-22(28)17-13-15(23)9-10-18(17)24)16-7-3-4-8-20(16)29-14-21(27)26-11-5-6-12-26/h3-4,7-10,13,19H,2,5-6,11-12,14H2,1H3,(H,25,28). The van der Waals surface area contributed by atoms with E-state index in [1.165, 1.54) is 0 Å². The fourth-order valence-corrected chi connectivity index (χ4v) is 3.78. The normalized spacial score (nSPS) is 14.5. The van der Waals surface area contributed by atoms with Crippen molar-refractivity contribution in [3.63, 3.8) is 0 Å². The minimum absolute atomic E-state index is 0.0124. The summed E-state index contributed by atoms with van der Waals surface area (Å²) in [4.78, 5) is 26.9. The minimum Gasteiger partial charge on any atom is -0.483 e. The highest BCUT2D eigenvalue weighted by molar-refractivity contribution is 6.35. The van der Waals surface area contributed by atoms with Crippen LogP contribution in [0.5, 0.6) is 5.75 Å². The number of amides is 2. The Balaban J connectivity index is 1.73. The van der Waals surface area contributed by atoms with Crippen LogP contribution in [0.4, 0.5) is 0 Å². The zero-order chi connectivity index (χ0) is 20.8. The van der Waals surface area contributed by atoms with Gasteiger partial charge in [0.1, 0.15) is 5.75 Å². The molecule has 2 aromatic rings. The predicted molar refractivity (Wildman–Crippen MR) is 115 cm³/mol. The highest BCUT2D eigenvalue weighted by Gasteiger charge is 2.22. The molecule has 1 aliphatic rings. The molecular formula is C22H24Cl2N2O3. The van der Waals surface area contributed by atoms with Crippen LogP contribution >= 0.6 is 23.2 Å². The zero-order valence-corrected chi connectivity index (χ0v) is 17.8. The molecule has 1 N–H and O–H groups in total. The molecule has 5 nitrogen and oxygen atoms in total. The summed E-state index contributed by atoms with van der Waals surface area (Å²) in [5.41, 5.74) is 1.14. The van der Waals surface area contributed by atoms with Gasteiger partial charge in [0.15, 0.2) is 6.61 Å². The number of carbonyl (C=O) groups is 2. The number of rotatable bonds is 7. The minimum atomic E-state index is -0.313. The third-order valence-corrected chi connectivity index (χ3v) is 5.56. The molecule has 0 spiro atoms. The van der Waals surface area contributed by atoms with E-state index in [-0.39, 0.29) is 24.5 Å². The van der Waals surface area contributed by atoms with Gasteiger partial charge in [0.05, 0.1) is 16.6 Å². The first-order valence-corrected chi connectivity index (χ1v) is 10.5. The van der Waals surface area contributed by atoms with Crippen molar-refractivity contribution in [2.24, 2.45) is 0 Å². The average Bonchev–Trinajstić information content (AvgIpc) is 3.27. The number of halogens is 2. The number of hydrogen-bond acceptors (Lipinski definition) is 3. The van der Waals surface area contributed by atoms with Gasteiger partial charge in [-0.3, -0.25) is 9.59 Å². The monoisotopic (exact) mass is 434 g/mol. The first-order chi connectivity index (χ1) is 14.0. The molecule has 0 aromatic heterocycles. The first-order valence-electron chi connectivity index (χ1n) is 9.75. The van der Waals surface area contributed by atoms with Crippen molar-refractivity contribution in [2.75, 3.05) is 19.7 Å². The van der Waals surface area contributed by atoms with E-state index >= 15 is 0 Å². The molecule has 0 saturated carbocycles. The molecule has 1 aliphatic heterocycles. The lowest BCUT2D eigenvalue weighted by atomic mass is 10.0. The van der Waals surface area contributed by atoms with Crippen LogP contribution in [-0.2, 0) is 4.79 Å². The van der Waals surface area contributed by atoms with Gasteiger partial charge in [0, 0.05) is 23.7 Å². The van der Waals surface area contributed by atoms with E-state index in [0.29, 0.717) is 27.8 Å². The Morgan fingerprint density at radius 1 is 1.14 bits per heavy atom. The Morgan fingerprint density at radius 2 is 1.86 bits per heavy atom. The van der Waals surface area contributed by atoms with Crippen LogP contribution in [0, 0.1) is 0 Å². The van der Waals surface area contributed by atoms with E-state index in [1.54, 1.807) is 18.2 Å². The number of para-hydroxylation sites is 1. The molecule has 29 heavy (non-hydrogen) atoms. The van der Waals surface area contributed by atoms with Gasteiger partial charge in [-0.05, 0) is 43.5 Å². The van der Waals surface area contributed by atoms with Crippen LogP contribution in [0.3, 0.4) is 0 Å². The third-order valence-electron chi connectivity index (χ3n) is 4.99. The maximum absolute atomic E-state index is 12.8. The molecule has 7 heteroatoms. The van der Waals surface area contributed by atoms with Crippen LogP contribution in [0.1, 0.15) is 48.1 Å². The Hall–Kier alpha value is -2.24. The Kier molecular flexibility index (Phi) is 7.40. The summed E-state index contributed by atoms with van der Waals surface area (Å²) in [5, 5.41) is 3.77. The van der Waals surface area contributed by atoms with E-state index in [0.717, 1.165) is 31.5 Å². The van der Waals surface area contributed by atoms with Crippen LogP contribution in [0.15, 0.2) is 42.5 Å². The van der Waals surface area contributed by atoms with Gasteiger partial charge in [-0.25, -0.2) is 0 Å². The van der Waals surface area contributed by atoms with Crippen molar-refractivity contribution in [3.8, 4) is 5.75 Å². The highest BCUT2D eigenvalue weighted by atomic mass is 35.5. The molecule has 3 rings (SSSR count). The topological polar surface area (TPSA) is 58.6 Å². The average molecular weight is 435 g/mol. The number of ether oxygens (including phenoxy) is 1. The number of likely N-dealkylation sites (tertiary alicyclic amines) is 1. The Morgan fingerprint density at radius 3 is 2.59 bits per heavy atom. The number of benzene rings is 2. The second kappa shape index (κ2) is 9.99. The smallest absolute Gasteiger partial charge is 0.260 e. The van der Waals surface area contributed by atoms with E-state index in [1.807, 2.05) is 36.1 Å². The maximum Gasteiger partial charge on any atom is 0.260 e. The van der Waals surface area contributed by atoms with Gasteiger partial charge in [-0.15, -0.1) is 0 Å². The molecule has 2 aromatic carbocycles. The summed E-state index contributed by atoms with van der Waals surface area (Å²) >= 11 is 12.2. The lowest BCUT2D eigenvalue weighted by molar-refractivity contribution is -0.132. The predicted octanol–water partition coefficient (Wildman–Crippen LogP) is 4.88. The van der Waals surface area contributed by atoms with Crippen molar-refractivity contribution < 1.29 is 14.3 Å². The van der Waals surface area contributed by atoms with Gasteiger partial charge < -0.3 is 15.0 Å². The summed E-state index contributed by atoms with van der Waals surface area (Å²) in [5.74, 6) is 0.261. The molecule has 2 amide bonds. The highest BCUT2D eigenvalue weighted by Crippen LogP contribution is 2.29. The summed E-state index contributed by atoms with van der Waals surface area (Å²) in [7, 11) is 0. The largest absolute Gasteiger partial charge is 0.483 e. The molecule has 1 saturated heterocycles. The number of carbonyl (C=O) groups excluding carboxylic acids is 2. The summed E-state index contributed by atoms with van der Waals surface area (Å²) in [6.45, 7) is 3.54. The Bertz CT molecular complexity index is 882. The van der Waals surface area contributed by atoms with Gasteiger partial charge in [0.25, 0.3) is 11.8 Å². The maximum atomic E-state index is 12.8. The SMILES string of the molecule is CCC(NC(=O)c1cc(Cl)ccc1Cl)c1ccccc1OCC(=O)N1CCCC1. The number of hydrogen-bond donors (Lipinski definition) is 1. The van der Waals surface area contributed by atoms with Crippen molar-refractivity contribution in [1.29, 1.82) is 0 Å². The van der Waals surface area contributed by atoms with Gasteiger partial charge in [0.2, 0.25) is 0 Å². The second-order valence-corrected chi connectivity index (χ2v) is 7.82. The van der Waals surface area contributed by atoms with Gasteiger partial charge in [-0.2, -0.15) is 0 Å². The van der Waals surface area contributed by atoms with Crippen molar-refractivity contribution in [2.45, 2.75) is 32.2 Å². The van der Waals surface area contributed by atoms with Gasteiger partial charge >= 0.3 is 0 Å². The van der Waals surface area contributed by atoms with E-state index < -0.39 is 0 Å². The summed E-state index contributed by atoms with van der Waals surface area (Å²) in [6, 6.07) is 11.9. The van der Waals surface area contributed by atoms with E-state index in [9.17, 15) is 9.59 Å². The second-order valence-electron chi connectivity index (χ2n) is 6.97. The Labute approximate surface area is 180 Å². The lowest BCUT2D eigenvalue weighted by Gasteiger charge is -2.22. The van der Waals surface area contributed by atoms with Gasteiger partial charge in [-0.1, -0.05) is 48.3 Å². The lowest BCUT2D eigenvalue weighted by Crippen LogP contribution is -2.32. The third kappa shape index (κ3) is 5.43. The van der Waals surface area contributed by atoms with E-state index in [4.69, 9.17) is 27.9 Å². The van der Waals surface area contributed by atoms with Crippen LogP contribution < -0.4 is 10.1 Å². The fraction of sp³-hybridized carbons (Fsp3) is 0.364. The zero-order valence-electron chi connectivity index (χ0n) is 16.3. The molecule has 1 fully saturated rings. The molecule has 0 bridgehead atoms. The molecule has 0 radical (unpaired) electrons. The van der Waals surface area contributed by atoms with Crippen molar-refractivity contribution in [1.82, 2.24) is 10.2 Å².